The van der Waals surface area contributed by atoms with Crippen LogP contribution in [0.1, 0.15) is 19.8 Å². The van der Waals surface area contributed by atoms with Gasteiger partial charge in [-0.2, -0.15) is 0 Å². The highest BCUT2D eigenvalue weighted by molar-refractivity contribution is 7.89. The minimum absolute atomic E-state index is 0.00736. The molecule has 20 heavy (non-hydrogen) atoms. The van der Waals surface area contributed by atoms with Crippen LogP contribution < -0.4 is 4.72 Å². The van der Waals surface area contributed by atoms with Crippen LogP contribution >= 0.6 is 0 Å². The molecule has 110 valence electrons. The largest absolute Gasteiger partial charge is 0.377 e. The van der Waals surface area contributed by atoms with Gasteiger partial charge in [-0.1, -0.05) is 0 Å². The van der Waals surface area contributed by atoms with E-state index in [0.29, 0.717) is 6.61 Å². The lowest BCUT2D eigenvalue weighted by Crippen LogP contribution is -2.40. The Hall–Kier alpha value is -1.51. The number of hydrogen-bond donors (Lipinski definition) is 1. The number of nitrogens with zero attached hydrogens (tertiary/aromatic N) is 1. The number of hydrogen-bond acceptors (Lipinski definition) is 5. The summed E-state index contributed by atoms with van der Waals surface area (Å²) >= 11 is 0. The summed E-state index contributed by atoms with van der Waals surface area (Å²) in [7, 11) is -3.69. The van der Waals surface area contributed by atoms with Gasteiger partial charge < -0.3 is 4.74 Å². The van der Waals surface area contributed by atoms with Crippen molar-refractivity contribution in [2.45, 2.75) is 36.8 Å². The van der Waals surface area contributed by atoms with E-state index in [0.717, 1.165) is 12.8 Å². The third-order valence-electron chi connectivity index (χ3n) is 3.22. The Bertz CT molecular complexity index is 578. The molecule has 2 atom stereocenters. The molecule has 8 heteroatoms. The van der Waals surface area contributed by atoms with Crippen molar-refractivity contribution < 1.29 is 18.1 Å². The molecule has 1 N–H and O–H groups in total. The number of rotatable bonds is 5. The summed E-state index contributed by atoms with van der Waals surface area (Å²) in [6, 6.07) is 4.46. The highest BCUT2D eigenvalue weighted by atomic mass is 32.2. The van der Waals surface area contributed by atoms with Crippen molar-refractivity contribution in [2.24, 2.45) is 0 Å². The third kappa shape index (κ3) is 3.33. The zero-order valence-electron chi connectivity index (χ0n) is 11.0. The Morgan fingerprint density at radius 2 is 2.05 bits per heavy atom. The van der Waals surface area contributed by atoms with Crippen LogP contribution in [0, 0.1) is 10.1 Å². The van der Waals surface area contributed by atoms with Gasteiger partial charge >= 0.3 is 0 Å². The fraction of sp³-hybridized carbons (Fsp3) is 0.500. The first kappa shape index (κ1) is 14.9. The smallest absolute Gasteiger partial charge is 0.269 e. The monoisotopic (exact) mass is 300 g/mol. The Morgan fingerprint density at radius 1 is 1.40 bits per heavy atom. The number of ether oxygens (including phenoxy) is 1. The summed E-state index contributed by atoms with van der Waals surface area (Å²) in [6.07, 6.45) is 1.63. The molecule has 1 saturated heterocycles. The Labute approximate surface area is 117 Å². The maximum atomic E-state index is 12.1. The summed E-state index contributed by atoms with van der Waals surface area (Å²) < 4.78 is 32.3. The maximum absolute atomic E-state index is 12.1. The van der Waals surface area contributed by atoms with E-state index in [2.05, 4.69) is 4.72 Å². The van der Waals surface area contributed by atoms with Crippen LogP contribution in [-0.2, 0) is 14.8 Å². The highest BCUT2D eigenvalue weighted by Gasteiger charge is 2.27. The van der Waals surface area contributed by atoms with Crippen LogP contribution in [0.25, 0.3) is 0 Å². The molecular formula is C12H16N2O5S. The van der Waals surface area contributed by atoms with Gasteiger partial charge in [-0.15, -0.1) is 0 Å². The number of sulfonamides is 1. The molecule has 0 unspecified atom stereocenters. The molecule has 0 radical (unpaired) electrons. The normalized spacial score (nSPS) is 20.8. The number of benzene rings is 1. The Morgan fingerprint density at radius 3 is 2.55 bits per heavy atom. The zero-order valence-corrected chi connectivity index (χ0v) is 11.8. The lowest BCUT2D eigenvalue weighted by Gasteiger charge is -2.19. The number of nitro benzene ring substituents is 1. The van der Waals surface area contributed by atoms with Gasteiger partial charge in [0.25, 0.3) is 5.69 Å². The van der Waals surface area contributed by atoms with Crippen LogP contribution in [0.5, 0.6) is 0 Å². The molecule has 1 aromatic carbocycles. The number of nitro groups is 1. The van der Waals surface area contributed by atoms with E-state index in [4.69, 9.17) is 4.74 Å². The van der Waals surface area contributed by atoms with Crippen molar-refractivity contribution >= 4 is 15.7 Å². The second-order valence-electron chi connectivity index (χ2n) is 4.71. The van der Waals surface area contributed by atoms with Crippen molar-refractivity contribution in [1.82, 2.24) is 4.72 Å². The molecule has 2 rings (SSSR count). The van der Waals surface area contributed by atoms with E-state index in [1.54, 1.807) is 6.92 Å². The molecule has 0 aromatic heterocycles. The predicted octanol–water partition coefficient (Wildman–Crippen LogP) is 1.44. The minimum atomic E-state index is -3.69. The van der Waals surface area contributed by atoms with E-state index < -0.39 is 14.9 Å². The average molecular weight is 300 g/mol. The lowest BCUT2D eigenvalue weighted by molar-refractivity contribution is -0.384. The van der Waals surface area contributed by atoms with Gasteiger partial charge in [0.15, 0.2) is 0 Å². The molecule has 1 aliphatic rings. The molecule has 7 nitrogen and oxygen atoms in total. The average Bonchev–Trinajstić information content (AvgIpc) is 2.92. The fourth-order valence-corrected chi connectivity index (χ4v) is 3.40. The topological polar surface area (TPSA) is 98.5 Å². The van der Waals surface area contributed by atoms with Crippen molar-refractivity contribution in [3.63, 3.8) is 0 Å². The maximum Gasteiger partial charge on any atom is 0.269 e. The second kappa shape index (κ2) is 5.86. The lowest BCUT2D eigenvalue weighted by atomic mass is 10.1. The summed E-state index contributed by atoms with van der Waals surface area (Å²) in [5, 5.41) is 10.5. The molecule has 0 amide bonds. The minimum Gasteiger partial charge on any atom is -0.377 e. The van der Waals surface area contributed by atoms with Crippen molar-refractivity contribution in [2.75, 3.05) is 6.61 Å². The van der Waals surface area contributed by atoms with E-state index >= 15 is 0 Å². The molecule has 0 spiro atoms. The van der Waals surface area contributed by atoms with Gasteiger partial charge in [-0.05, 0) is 31.9 Å². The number of nitrogens with one attached hydrogen (secondary N) is 1. The van der Waals surface area contributed by atoms with Gasteiger partial charge in [0.1, 0.15) is 0 Å². The zero-order chi connectivity index (χ0) is 14.8. The third-order valence-corrected chi connectivity index (χ3v) is 4.80. The first-order valence-corrected chi connectivity index (χ1v) is 7.77. The van der Waals surface area contributed by atoms with Crippen molar-refractivity contribution in [1.29, 1.82) is 0 Å². The predicted molar refractivity (Wildman–Crippen MR) is 71.9 cm³/mol. The van der Waals surface area contributed by atoms with Crippen molar-refractivity contribution in [3.05, 3.63) is 34.4 Å². The van der Waals surface area contributed by atoms with Crippen LogP contribution in [0.2, 0.25) is 0 Å². The standard InChI is InChI=1S/C12H16N2O5S/c1-9(12-3-2-8-19-12)13-20(17,18)11-6-4-10(5-7-11)14(15)16/h4-7,9,12-13H,2-3,8H2,1H3/t9-,12+/m0/s1. The fourth-order valence-electron chi connectivity index (χ4n) is 2.13. The van der Waals surface area contributed by atoms with Crippen LogP contribution in [-0.4, -0.2) is 32.1 Å². The molecule has 0 aliphatic carbocycles. The quantitative estimate of drug-likeness (QED) is 0.655. The molecule has 1 heterocycles. The Kier molecular flexibility index (Phi) is 4.36. The van der Waals surface area contributed by atoms with Crippen LogP contribution in [0.15, 0.2) is 29.2 Å². The van der Waals surface area contributed by atoms with Gasteiger partial charge in [0, 0.05) is 24.8 Å². The first-order chi connectivity index (χ1) is 9.40. The molecule has 0 saturated carbocycles. The molecule has 1 aliphatic heterocycles. The van der Waals surface area contributed by atoms with Gasteiger partial charge in [-0.3, -0.25) is 10.1 Å². The summed E-state index contributed by atoms with van der Waals surface area (Å²) in [6.45, 7) is 2.40. The van der Waals surface area contributed by atoms with E-state index in [-0.39, 0.29) is 22.7 Å². The number of non-ortho nitro benzene ring substituents is 1. The van der Waals surface area contributed by atoms with E-state index in [1.807, 2.05) is 0 Å². The SMILES string of the molecule is C[C@H](NS(=O)(=O)c1ccc([N+](=O)[O-])cc1)[C@H]1CCCO1. The molecule has 1 fully saturated rings. The summed E-state index contributed by atoms with van der Waals surface area (Å²) in [5.74, 6) is 0. The van der Waals surface area contributed by atoms with Gasteiger partial charge in [-0.25, -0.2) is 13.1 Å². The van der Waals surface area contributed by atoms with E-state index in [9.17, 15) is 18.5 Å². The highest BCUT2D eigenvalue weighted by Crippen LogP contribution is 2.19. The van der Waals surface area contributed by atoms with Gasteiger partial charge in [0.2, 0.25) is 10.0 Å². The summed E-state index contributed by atoms with van der Waals surface area (Å²) in [4.78, 5) is 9.97. The first-order valence-electron chi connectivity index (χ1n) is 6.28. The second-order valence-corrected chi connectivity index (χ2v) is 6.43. The molecule has 1 aromatic rings. The molecule has 0 bridgehead atoms. The van der Waals surface area contributed by atoms with E-state index in [1.165, 1.54) is 24.3 Å². The van der Waals surface area contributed by atoms with Gasteiger partial charge in [0.05, 0.1) is 15.9 Å². The summed E-state index contributed by atoms with van der Waals surface area (Å²) in [5.41, 5.74) is -0.142. The molecular weight excluding hydrogens is 284 g/mol. The van der Waals surface area contributed by atoms with Crippen LogP contribution in [0.4, 0.5) is 5.69 Å². The van der Waals surface area contributed by atoms with Crippen molar-refractivity contribution in [3.8, 4) is 0 Å². The van der Waals surface area contributed by atoms with Crippen LogP contribution in [0.3, 0.4) is 0 Å². The Balaban J connectivity index is 2.11.